The minimum atomic E-state index is -1.36. The summed E-state index contributed by atoms with van der Waals surface area (Å²) in [6.45, 7) is 13.3. The Morgan fingerprint density at radius 2 is 1.33 bits per heavy atom. The van der Waals surface area contributed by atoms with Crippen molar-refractivity contribution in [1.29, 1.82) is 0 Å². The summed E-state index contributed by atoms with van der Waals surface area (Å²) >= 11 is 0. The third-order valence-electron chi connectivity index (χ3n) is 6.51. The third kappa shape index (κ3) is 12.1. The van der Waals surface area contributed by atoms with E-state index in [1.807, 2.05) is 41.5 Å². The van der Waals surface area contributed by atoms with Gasteiger partial charge in [-0.3, -0.25) is 14.4 Å². The van der Waals surface area contributed by atoms with Crippen LogP contribution < -0.4 is 15.2 Å². The van der Waals surface area contributed by atoms with Crippen LogP contribution in [0.25, 0.3) is 0 Å². The molecule has 5 atom stereocenters. The van der Waals surface area contributed by atoms with Crippen molar-refractivity contribution in [3.05, 3.63) is 23.8 Å². The third-order valence-corrected chi connectivity index (χ3v) is 6.51. The summed E-state index contributed by atoms with van der Waals surface area (Å²) in [4.78, 5) is 49.0. The number of carbonyl (C=O) groups is 4. The molecule has 1 aromatic carbocycles. The van der Waals surface area contributed by atoms with E-state index in [0.717, 1.165) is 12.8 Å². The number of aliphatic carboxylic acids is 1. The first-order valence-electron chi connectivity index (χ1n) is 13.6. The summed E-state index contributed by atoms with van der Waals surface area (Å²) < 4.78 is 21.4. The van der Waals surface area contributed by atoms with Crippen molar-refractivity contribution in [2.45, 2.75) is 86.1 Å². The SMILES string of the molecule is CCC(C)CC(=O)Oc1ccc(C(C(C)COC(=O)OCC(C)C)[C@H](N)C(=O)O)cc1OC(=O)CC(C)CC. The normalized spacial score (nSPS) is 15.0. The van der Waals surface area contributed by atoms with Crippen LogP contribution in [0.15, 0.2) is 18.2 Å². The van der Waals surface area contributed by atoms with Crippen LogP contribution in [0.3, 0.4) is 0 Å². The van der Waals surface area contributed by atoms with Gasteiger partial charge in [-0.05, 0) is 41.4 Å². The Morgan fingerprint density at radius 3 is 1.82 bits per heavy atom. The van der Waals surface area contributed by atoms with E-state index in [2.05, 4.69) is 0 Å². The molecule has 0 spiro atoms. The summed E-state index contributed by atoms with van der Waals surface area (Å²) in [5, 5.41) is 9.69. The number of ether oxygens (including phenoxy) is 4. The maximum absolute atomic E-state index is 12.6. The molecule has 220 valence electrons. The lowest BCUT2D eigenvalue weighted by Gasteiger charge is -2.28. The Hall–Kier alpha value is -3.14. The van der Waals surface area contributed by atoms with Crippen molar-refractivity contribution in [3.8, 4) is 11.5 Å². The van der Waals surface area contributed by atoms with E-state index in [0.29, 0.717) is 5.56 Å². The number of carboxylic acid groups (broad SMARTS) is 1. The second-order valence-corrected chi connectivity index (χ2v) is 10.7. The molecule has 0 aliphatic rings. The molecule has 39 heavy (non-hydrogen) atoms. The molecule has 1 aromatic rings. The van der Waals surface area contributed by atoms with E-state index in [1.165, 1.54) is 12.1 Å². The second-order valence-electron chi connectivity index (χ2n) is 10.7. The van der Waals surface area contributed by atoms with Crippen LogP contribution in [0, 0.1) is 23.7 Å². The number of carboxylic acids is 1. The average Bonchev–Trinajstić information content (AvgIpc) is 2.87. The van der Waals surface area contributed by atoms with Gasteiger partial charge in [-0.15, -0.1) is 0 Å². The first kappa shape index (κ1) is 33.9. The van der Waals surface area contributed by atoms with E-state index in [4.69, 9.17) is 24.7 Å². The zero-order valence-electron chi connectivity index (χ0n) is 24.2. The Morgan fingerprint density at radius 1 is 0.821 bits per heavy atom. The molecule has 1 rings (SSSR count). The molecule has 0 fully saturated rings. The van der Waals surface area contributed by atoms with Crippen molar-refractivity contribution in [3.63, 3.8) is 0 Å². The van der Waals surface area contributed by atoms with Gasteiger partial charge < -0.3 is 29.8 Å². The molecule has 4 unspecified atom stereocenters. The molecule has 3 N–H and O–H groups in total. The zero-order valence-corrected chi connectivity index (χ0v) is 24.2. The van der Waals surface area contributed by atoms with E-state index in [-0.39, 0.29) is 55.3 Å². The molecule has 0 aliphatic heterocycles. The fourth-order valence-corrected chi connectivity index (χ4v) is 3.71. The second kappa shape index (κ2) is 16.7. The van der Waals surface area contributed by atoms with Crippen molar-refractivity contribution in [2.75, 3.05) is 13.2 Å². The highest BCUT2D eigenvalue weighted by Gasteiger charge is 2.33. The number of benzene rings is 1. The quantitative estimate of drug-likeness (QED) is 0.204. The van der Waals surface area contributed by atoms with Crippen LogP contribution in [0.4, 0.5) is 4.79 Å². The van der Waals surface area contributed by atoms with Crippen LogP contribution in [0.2, 0.25) is 0 Å². The fourth-order valence-electron chi connectivity index (χ4n) is 3.71. The number of nitrogens with two attached hydrogens (primary N) is 1. The molecular formula is C29H45NO9. The minimum absolute atomic E-state index is 0.00893. The lowest BCUT2D eigenvalue weighted by atomic mass is 9.82. The number of hydrogen-bond acceptors (Lipinski definition) is 9. The molecule has 10 nitrogen and oxygen atoms in total. The monoisotopic (exact) mass is 551 g/mol. The molecule has 0 saturated carbocycles. The highest BCUT2D eigenvalue weighted by molar-refractivity contribution is 5.77. The van der Waals surface area contributed by atoms with Gasteiger partial charge in [0.2, 0.25) is 0 Å². The average molecular weight is 552 g/mol. The number of rotatable bonds is 16. The van der Waals surface area contributed by atoms with Crippen LogP contribution in [-0.4, -0.2) is 48.4 Å². The van der Waals surface area contributed by atoms with E-state index < -0.39 is 41.9 Å². The summed E-state index contributed by atoms with van der Waals surface area (Å²) in [6, 6.07) is 3.13. The Labute approximate surface area is 231 Å². The first-order valence-corrected chi connectivity index (χ1v) is 13.6. The number of carbonyl (C=O) groups excluding carboxylic acids is 3. The van der Waals surface area contributed by atoms with Crippen molar-refractivity contribution in [2.24, 2.45) is 29.4 Å². The van der Waals surface area contributed by atoms with Crippen LogP contribution in [0.1, 0.15) is 85.6 Å². The number of hydrogen-bond donors (Lipinski definition) is 2. The Balaban J connectivity index is 3.32. The predicted octanol–water partition coefficient (Wildman–Crippen LogP) is 5.31. The molecule has 0 aliphatic carbocycles. The minimum Gasteiger partial charge on any atom is -0.480 e. The van der Waals surface area contributed by atoms with Crippen LogP contribution in [0.5, 0.6) is 11.5 Å². The largest absolute Gasteiger partial charge is 0.508 e. The van der Waals surface area contributed by atoms with Gasteiger partial charge in [0, 0.05) is 18.8 Å². The van der Waals surface area contributed by atoms with E-state index in [1.54, 1.807) is 13.0 Å². The van der Waals surface area contributed by atoms with Crippen LogP contribution >= 0.6 is 0 Å². The highest BCUT2D eigenvalue weighted by atomic mass is 16.7. The summed E-state index contributed by atoms with van der Waals surface area (Å²) in [7, 11) is 0. The molecule has 0 radical (unpaired) electrons. The van der Waals surface area contributed by atoms with Gasteiger partial charge in [0.25, 0.3) is 0 Å². The summed E-state index contributed by atoms with van der Waals surface area (Å²) in [5.74, 6) is -3.27. The predicted molar refractivity (Wildman–Crippen MR) is 146 cm³/mol. The molecule has 0 aromatic heterocycles. The van der Waals surface area contributed by atoms with E-state index >= 15 is 0 Å². The van der Waals surface area contributed by atoms with Gasteiger partial charge in [0.15, 0.2) is 11.5 Å². The lowest BCUT2D eigenvalue weighted by Crippen LogP contribution is -2.40. The molecule has 0 bridgehead atoms. The Kier molecular flexibility index (Phi) is 14.5. The maximum Gasteiger partial charge on any atom is 0.508 e. The smallest absolute Gasteiger partial charge is 0.480 e. The first-order chi connectivity index (χ1) is 18.3. The zero-order chi connectivity index (χ0) is 29.7. The Bertz CT molecular complexity index is 962. The fraction of sp³-hybridized carbons (Fsp3) is 0.655. The standard InChI is InChI=1S/C29H45NO9/c1-8-18(5)12-24(31)38-22-11-10-21(14-23(22)39-25(32)13-19(6)9-2)26(27(30)28(33)34)20(7)16-37-29(35)36-15-17(3)4/h10-11,14,17-20,26-27H,8-9,12-13,15-16,30H2,1-7H3,(H,33,34)/t18?,19?,20?,26?,27-/m0/s1. The van der Waals surface area contributed by atoms with E-state index in [9.17, 15) is 24.3 Å². The molecule has 0 amide bonds. The summed E-state index contributed by atoms with van der Waals surface area (Å²) in [6.07, 6.45) is 1.05. The van der Waals surface area contributed by atoms with Gasteiger partial charge in [-0.2, -0.15) is 0 Å². The van der Waals surface area contributed by atoms with Crippen LogP contribution in [-0.2, 0) is 23.9 Å². The number of esters is 2. The molecule has 10 heteroatoms. The molecule has 0 saturated heterocycles. The topological polar surface area (TPSA) is 151 Å². The van der Waals surface area contributed by atoms with Gasteiger partial charge in [0.05, 0.1) is 13.2 Å². The van der Waals surface area contributed by atoms with Gasteiger partial charge in [-0.25, -0.2) is 4.79 Å². The van der Waals surface area contributed by atoms with Gasteiger partial charge in [-0.1, -0.05) is 67.4 Å². The van der Waals surface area contributed by atoms with Crippen molar-refractivity contribution < 1.29 is 43.2 Å². The van der Waals surface area contributed by atoms with Crippen molar-refractivity contribution >= 4 is 24.1 Å². The van der Waals surface area contributed by atoms with Crippen molar-refractivity contribution in [1.82, 2.24) is 0 Å². The molecular weight excluding hydrogens is 506 g/mol. The van der Waals surface area contributed by atoms with Gasteiger partial charge in [0.1, 0.15) is 6.04 Å². The lowest BCUT2D eigenvalue weighted by molar-refractivity contribution is -0.139. The van der Waals surface area contributed by atoms with Gasteiger partial charge >= 0.3 is 24.1 Å². The highest BCUT2D eigenvalue weighted by Crippen LogP contribution is 2.36. The maximum atomic E-state index is 12.6. The summed E-state index contributed by atoms with van der Waals surface area (Å²) in [5.41, 5.74) is 6.48. The molecule has 0 heterocycles.